The van der Waals surface area contributed by atoms with Gasteiger partial charge < -0.3 is 5.11 Å². The Labute approximate surface area is 93.7 Å². The van der Waals surface area contributed by atoms with Gasteiger partial charge in [-0.05, 0) is 44.2 Å². The number of piperidine rings is 1. The predicted octanol–water partition coefficient (Wildman–Crippen LogP) is 2.41. The lowest BCUT2D eigenvalue weighted by atomic mass is 9.81. The van der Waals surface area contributed by atoms with Gasteiger partial charge in [0, 0.05) is 6.04 Å². The molecule has 2 atom stereocenters. The van der Waals surface area contributed by atoms with Crippen molar-refractivity contribution in [2.75, 3.05) is 13.1 Å². The van der Waals surface area contributed by atoms with Crippen LogP contribution in [0.4, 0.5) is 0 Å². The molecule has 1 heterocycles. The molecule has 0 radical (unpaired) electrons. The Morgan fingerprint density at radius 1 is 1.07 bits per heavy atom. The van der Waals surface area contributed by atoms with Gasteiger partial charge in [0.15, 0.2) is 0 Å². The van der Waals surface area contributed by atoms with E-state index in [4.69, 9.17) is 0 Å². The van der Waals surface area contributed by atoms with E-state index >= 15 is 0 Å². The summed E-state index contributed by atoms with van der Waals surface area (Å²) < 4.78 is 0. The minimum Gasteiger partial charge on any atom is -0.391 e. The first-order valence-electron chi connectivity index (χ1n) is 6.51. The van der Waals surface area contributed by atoms with Crippen molar-refractivity contribution >= 4 is 0 Å². The summed E-state index contributed by atoms with van der Waals surface area (Å²) in [4.78, 5) is 2.54. The molecule has 0 amide bonds. The van der Waals surface area contributed by atoms with E-state index in [-0.39, 0.29) is 6.10 Å². The first-order chi connectivity index (χ1) is 7.08. The summed E-state index contributed by atoms with van der Waals surface area (Å²) in [6.45, 7) is 7.10. The van der Waals surface area contributed by atoms with E-state index in [1.165, 1.54) is 45.2 Å². The van der Waals surface area contributed by atoms with Crippen LogP contribution in [0, 0.1) is 5.41 Å². The molecule has 88 valence electrons. The molecule has 0 spiro atoms. The van der Waals surface area contributed by atoms with Crippen LogP contribution in [-0.4, -0.2) is 35.2 Å². The van der Waals surface area contributed by atoms with Gasteiger partial charge >= 0.3 is 0 Å². The quantitative estimate of drug-likeness (QED) is 0.720. The molecule has 1 saturated carbocycles. The Morgan fingerprint density at radius 3 is 2.27 bits per heavy atom. The average molecular weight is 211 g/mol. The van der Waals surface area contributed by atoms with Crippen LogP contribution in [0.25, 0.3) is 0 Å². The number of aliphatic hydroxyl groups is 1. The van der Waals surface area contributed by atoms with Gasteiger partial charge in [-0.3, -0.25) is 4.90 Å². The van der Waals surface area contributed by atoms with Crippen LogP contribution in [0.15, 0.2) is 0 Å². The Balaban J connectivity index is 1.89. The molecule has 2 rings (SSSR count). The third-order valence-corrected chi connectivity index (χ3v) is 4.31. The van der Waals surface area contributed by atoms with E-state index in [1.54, 1.807) is 0 Å². The van der Waals surface area contributed by atoms with Gasteiger partial charge in [0.1, 0.15) is 0 Å². The van der Waals surface area contributed by atoms with E-state index in [9.17, 15) is 5.11 Å². The zero-order valence-electron chi connectivity index (χ0n) is 10.2. The highest BCUT2D eigenvalue weighted by Crippen LogP contribution is 2.33. The van der Waals surface area contributed by atoms with Crippen LogP contribution < -0.4 is 0 Å². The SMILES string of the molecule is CC1(C)CCN([C@@H]2CCCC[C@H]2O)CC1. The number of hydrogen-bond donors (Lipinski definition) is 1. The summed E-state index contributed by atoms with van der Waals surface area (Å²) in [5, 5.41) is 10.0. The van der Waals surface area contributed by atoms with Crippen LogP contribution in [0.5, 0.6) is 0 Å². The van der Waals surface area contributed by atoms with E-state index in [0.717, 1.165) is 6.42 Å². The summed E-state index contributed by atoms with van der Waals surface area (Å²) in [5.41, 5.74) is 0.524. The van der Waals surface area contributed by atoms with Crippen molar-refractivity contribution in [1.29, 1.82) is 0 Å². The standard InChI is InChI=1S/C13H25NO/c1-13(2)7-9-14(10-8-13)11-5-3-4-6-12(11)15/h11-12,15H,3-10H2,1-2H3/t11-,12-/m1/s1. The zero-order valence-corrected chi connectivity index (χ0v) is 10.2. The normalized spacial score (nSPS) is 37.8. The number of nitrogens with zero attached hydrogens (tertiary/aromatic N) is 1. The molecule has 0 aromatic rings. The van der Waals surface area contributed by atoms with Crippen molar-refractivity contribution < 1.29 is 5.11 Å². The molecule has 0 aromatic heterocycles. The Bertz CT molecular complexity index is 205. The second-order valence-electron chi connectivity index (χ2n) is 6.12. The van der Waals surface area contributed by atoms with E-state index in [1.807, 2.05) is 0 Å². The molecule has 1 aliphatic heterocycles. The molecule has 1 N–H and O–H groups in total. The molecular formula is C13H25NO. The van der Waals surface area contributed by atoms with Crippen molar-refractivity contribution in [2.24, 2.45) is 5.41 Å². The maximum atomic E-state index is 10.0. The molecule has 2 nitrogen and oxygen atoms in total. The highest BCUT2D eigenvalue weighted by Gasteiger charge is 2.33. The number of aliphatic hydroxyl groups excluding tert-OH is 1. The third kappa shape index (κ3) is 2.73. The van der Waals surface area contributed by atoms with Gasteiger partial charge in [0.05, 0.1) is 6.10 Å². The minimum absolute atomic E-state index is 0.0556. The zero-order chi connectivity index (χ0) is 10.9. The Morgan fingerprint density at radius 2 is 1.67 bits per heavy atom. The van der Waals surface area contributed by atoms with Gasteiger partial charge in [-0.2, -0.15) is 0 Å². The minimum atomic E-state index is -0.0556. The monoisotopic (exact) mass is 211 g/mol. The fraction of sp³-hybridized carbons (Fsp3) is 1.00. The summed E-state index contributed by atoms with van der Waals surface area (Å²) in [7, 11) is 0. The third-order valence-electron chi connectivity index (χ3n) is 4.31. The van der Waals surface area contributed by atoms with Gasteiger partial charge in [-0.1, -0.05) is 26.7 Å². The van der Waals surface area contributed by atoms with Crippen LogP contribution in [0.3, 0.4) is 0 Å². The molecule has 2 heteroatoms. The number of rotatable bonds is 1. The van der Waals surface area contributed by atoms with Crippen molar-refractivity contribution in [2.45, 2.75) is 64.5 Å². The molecule has 2 aliphatic rings. The van der Waals surface area contributed by atoms with Gasteiger partial charge in [0.2, 0.25) is 0 Å². The molecule has 15 heavy (non-hydrogen) atoms. The molecule has 0 unspecified atom stereocenters. The van der Waals surface area contributed by atoms with E-state index in [2.05, 4.69) is 18.7 Å². The fourth-order valence-corrected chi connectivity index (χ4v) is 2.98. The van der Waals surface area contributed by atoms with Gasteiger partial charge in [-0.15, -0.1) is 0 Å². The second-order valence-corrected chi connectivity index (χ2v) is 6.12. The Hall–Kier alpha value is -0.0800. The molecule has 1 saturated heterocycles. The highest BCUT2D eigenvalue weighted by molar-refractivity contribution is 4.87. The van der Waals surface area contributed by atoms with E-state index in [0.29, 0.717) is 11.5 Å². The lowest BCUT2D eigenvalue weighted by Crippen LogP contribution is -2.50. The van der Waals surface area contributed by atoms with E-state index < -0.39 is 0 Å². The lowest BCUT2D eigenvalue weighted by Gasteiger charge is -2.44. The largest absolute Gasteiger partial charge is 0.391 e. The van der Waals surface area contributed by atoms with Crippen molar-refractivity contribution in [1.82, 2.24) is 4.90 Å². The molecule has 2 fully saturated rings. The average Bonchev–Trinajstić information content (AvgIpc) is 2.19. The summed E-state index contributed by atoms with van der Waals surface area (Å²) >= 11 is 0. The van der Waals surface area contributed by atoms with Crippen LogP contribution in [0.2, 0.25) is 0 Å². The second kappa shape index (κ2) is 4.42. The van der Waals surface area contributed by atoms with Crippen LogP contribution >= 0.6 is 0 Å². The number of likely N-dealkylation sites (tertiary alicyclic amines) is 1. The highest BCUT2D eigenvalue weighted by atomic mass is 16.3. The molecular weight excluding hydrogens is 186 g/mol. The lowest BCUT2D eigenvalue weighted by molar-refractivity contribution is -0.00608. The topological polar surface area (TPSA) is 23.5 Å². The molecule has 0 bridgehead atoms. The van der Waals surface area contributed by atoms with Gasteiger partial charge in [-0.25, -0.2) is 0 Å². The maximum absolute atomic E-state index is 10.0. The fourth-order valence-electron chi connectivity index (χ4n) is 2.98. The number of hydrogen-bond acceptors (Lipinski definition) is 2. The van der Waals surface area contributed by atoms with Crippen molar-refractivity contribution in [3.8, 4) is 0 Å². The first kappa shape index (κ1) is 11.4. The predicted molar refractivity (Wildman–Crippen MR) is 62.9 cm³/mol. The summed E-state index contributed by atoms with van der Waals surface area (Å²) in [6.07, 6.45) is 7.27. The van der Waals surface area contributed by atoms with Crippen molar-refractivity contribution in [3.63, 3.8) is 0 Å². The smallest absolute Gasteiger partial charge is 0.0695 e. The summed E-state index contributed by atoms with van der Waals surface area (Å²) in [5.74, 6) is 0. The molecule has 1 aliphatic carbocycles. The van der Waals surface area contributed by atoms with Gasteiger partial charge in [0.25, 0.3) is 0 Å². The summed E-state index contributed by atoms with van der Waals surface area (Å²) in [6, 6.07) is 0.467. The van der Waals surface area contributed by atoms with Crippen LogP contribution in [-0.2, 0) is 0 Å². The van der Waals surface area contributed by atoms with Crippen LogP contribution in [0.1, 0.15) is 52.4 Å². The van der Waals surface area contributed by atoms with Crippen molar-refractivity contribution in [3.05, 3.63) is 0 Å². The molecule has 0 aromatic carbocycles. The first-order valence-corrected chi connectivity index (χ1v) is 6.51. The maximum Gasteiger partial charge on any atom is 0.0695 e. The Kier molecular flexibility index (Phi) is 3.36.